The van der Waals surface area contributed by atoms with Crippen LogP contribution in [0, 0.1) is 0 Å². The highest BCUT2D eigenvalue weighted by molar-refractivity contribution is 7.98. The van der Waals surface area contributed by atoms with Gasteiger partial charge >= 0.3 is 0 Å². The normalized spacial score (nSPS) is 11.6. The molecule has 17 heavy (non-hydrogen) atoms. The highest BCUT2D eigenvalue weighted by atomic mass is 32.2. The molecule has 0 spiro atoms. The molecule has 0 amide bonds. The molecule has 0 fully saturated rings. The van der Waals surface area contributed by atoms with Crippen LogP contribution in [0.5, 0.6) is 0 Å². The summed E-state index contributed by atoms with van der Waals surface area (Å²) in [6.07, 6.45) is 3.28. The summed E-state index contributed by atoms with van der Waals surface area (Å²) in [5.74, 6) is 1.33. The van der Waals surface area contributed by atoms with Crippen LogP contribution < -0.4 is 5.32 Å². The Morgan fingerprint density at radius 1 is 1.24 bits per heavy atom. The second-order valence-electron chi connectivity index (χ2n) is 4.76. The van der Waals surface area contributed by atoms with Gasteiger partial charge in [0, 0.05) is 18.6 Å². The number of hydrogen-bond donors (Lipinski definition) is 2. The smallest absolute Gasteiger partial charge is 0.227 e. The largest absolute Gasteiger partial charge is 0.396 e. The number of aliphatic hydroxyl groups is 1. The number of nitrogens with one attached hydrogen (secondary N) is 1. The lowest BCUT2D eigenvalue weighted by atomic mass is 10.1. The van der Waals surface area contributed by atoms with Crippen molar-refractivity contribution >= 4 is 17.7 Å². The molecule has 0 radical (unpaired) electrons. The molecule has 6 heteroatoms. The average molecular weight is 256 g/mol. The Morgan fingerprint density at radius 2 is 1.94 bits per heavy atom. The summed E-state index contributed by atoms with van der Waals surface area (Å²) in [4.78, 5) is 13.0. The van der Waals surface area contributed by atoms with Gasteiger partial charge < -0.3 is 10.4 Å². The van der Waals surface area contributed by atoms with Gasteiger partial charge in [-0.1, -0.05) is 11.8 Å². The molecule has 1 aromatic heterocycles. The van der Waals surface area contributed by atoms with Crippen molar-refractivity contribution in [2.75, 3.05) is 18.2 Å². The van der Waals surface area contributed by atoms with E-state index in [1.165, 1.54) is 11.8 Å². The second kappa shape index (κ2) is 6.16. The van der Waals surface area contributed by atoms with Crippen LogP contribution in [0.4, 0.5) is 5.95 Å². The minimum atomic E-state index is -0.0781. The van der Waals surface area contributed by atoms with Crippen molar-refractivity contribution in [3.8, 4) is 0 Å². The fraction of sp³-hybridized carbons (Fsp3) is 0.727. The number of nitrogens with zero attached hydrogens (tertiary/aromatic N) is 3. The van der Waals surface area contributed by atoms with Crippen molar-refractivity contribution in [3.63, 3.8) is 0 Å². The first-order valence-corrected chi connectivity index (χ1v) is 6.85. The Bertz CT molecular complexity index is 365. The van der Waals surface area contributed by atoms with Crippen molar-refractivity contribution in [3.05, 3.63) is 5.82 Å². The van der Waals surface area contributed by atoms with Crippen molar-refractivity contribution in [2.45, 2.75) is 44.3 Å². The van der Waals surface area contributed by atoms with E-state index < -0.39 is 0 Å². The zero-order valence-corrected chi connectivity index (χ0v) is 11.6. The molecule has 96 valence electrons. The van der Waals surface area contributed by atoms with Crippen LogP contribution in [-0.4, -0.2) is 38.5 Å². The lowest BCUT2D eigenvalue weighted by Gasteiger charge is -2.20. The van der Waals surface area contributed by atoms with Crippen molar-refractivity contribution in [1.29, 1.82) is 0 Å². The number of anilines is 1. The van der Waals surface area contributed by atoms with Gasteiger partial charge in [-0.3, -0.25) is 0 Å². The summed E-state index contributed by atoms with van der Waals surface area (Å²) < 4.78 is 0. The van der Waals surface area contributed by atoms with E-state index in [9.17, 15) is 0 Å². The highest BCUT2D eigenvalue weighted by Crippen LogP contribution is 2.15. The topological polar surface area (TPSA) is 70.9 Å². The summed E-state index contributed by atoms with van der Waals surface area (Å²) in [5.41, 5.74) is -0.0781. The minimum Gasteiger partial charge on any atom is -0.396 e. The van der Waals surface area contributed by atoms with E-state index in [0.29, 0.717) is 23.9 Å². The van der Waals surface area contributed by atoms with Crippen molar-refractivity contribution in [2.24, 2.45) is 0 Å². The molecule has 2 N–H and O–H groups in total. The zero-order chi connectivity index (χ0) is 12.9. The molecule has 1 heterocycles. The van der Waals surface area contributed by atoms with E-state index in [2.05, 4.69) is 41.0 Å². The van der Waals surface area contributed by atoms with Gasteiger partial charge in [0.05, 0.1) is 0 Å². The number of aliphatic hydroxyl groups excluding tert-OH is 1. The summed E-state index contributed by atoms with van der Waals surface area (Å²) in [7, 11) is 0. The molecule has 0 aliphatic heterocycles. The molecule has 1 rings (SSSR count). The monoisotopic (exact) mass is 256 g/mol. The van der Waals surface area contributed by atoms with Crippen molar-refractivity contribution in [1.82, 2.24) is 15.0 Å². The number of hydrogen-bond acceptors (Lipinski definition) is 6. The lowest BCUT2D eigenvalue weighted by molar-refractivity contribution is 0.287. The Kier molecular flexibility index (Phi) is 5.14. The van der Waals surface area contributed by atoms with Crippen LogP contribution in [0.3, 0.4) is 0 Å². The van der Waals surface area contributed by atoms with E-state index in [1.54, 1.807) is 0 Å². The van der Waals surface area contributed by atoms with Crippen LogP contribution in [-0.2, 0) is 6.42 Å². The quantitative estimate of drug-likeness (QED) is 0.782. The standard InChI is InChI=1S/C11H20N4OS/c1-11(2,3)15-9-12-8(6-5-7-16)13-10(14-9)17-4/h16H,5-7H2,1-4H3,(H,12,13,14,15). The maximum absolute atomic E-state index is 8.82. The molecular weight excluding hydrogens is 236 g/mol. The lowest BCUT2D eigenvalue weighted by Crippen LogP contribution is -2.28. The fourth-order valence-electron chi connectivity index (χ4n) is 1.23. The number of aromatic nitrogens is 3. The minimum absolute atomic E-state index is 0.0781. The highest BCUT2D eigenvalue weighted by Gasteiger charge is 2.13. The molecule has 0 bridgehead atoms. The maximum Gasteiger partial charge on any atom is 0.227 e. The van der Waals surface area contributed by atoms with E-state index >= 15 is 0 Å². The Morgan fingerprint density at radius 3 is 2.47 bits per heavy atom. The summed E-state index contributed by atoms with van der Waals surface area (Å²) >= 11 is 1.49. The Labute approximate surface area is 106 Å². The molecule has 0 aromatic carbocycles. The summed E-state index contributed by atoms with van der Waals surface area (Å²) in [6, 6.07) is 0. The third-order valence-corrected chi connectivity index (χ3v) is 2.44. The first-order chi connectivity index (χ1) is 7.94. The molecule has 0 unspecified atom stereocenters. The van der Waals surface area contributed by atoms with Gasteiger partial charge in [0.25, 0.3) is 0 Å². The van der Waals surface area contributed by atoms with Crippen LogP contribution in [0.15, 0.2) is 5.16 Å². The molecule has 1 aromatic rings. The van der Waals surface area contributed by atoms with Gasteiger partial charge in [-0.05, 0) is 33.4 Å². The second-order valence-corrected chi connectivity index (χ2v) is 5.54. The summed E-state index contributed by atoms with van der Waals surface area (Å²) in [5, 5.41) is 12.8. The van der Waals surface area contributed by atoms with E-state index in [-0.39, 0.29) is 12.1 Å². The van der Waals surface area contributed by atoms with Gasteiger partial charge in [-0.25, -0.2) is 4.98 Å². The van der Waals surface area contributed by atoms with Gasteiger partial charge in [-0.15, -0.1) is 0 Å². The Balaban J connectivity index is 2.88. The van der Waals surface area contributed by atoms with Gasteiger partial charge in [0.2, 0.25) is 5.95 Å². The molecular formula is C11H20N4OS. The van der Waals surface area contributed by atoms with E-state index in [4.69, 9.17) is 5.11 Å². The van der Waals surface area contributed by atoms with Gasteiger partial charge in [-0.2, -0.15) is 9.97 Å². The molecule has 0 aliphatic rings. The molecule has 5 nitrogen and oxygen atoms in total. The summed E-state index contributed by atoms with van der Waals surface area (Å²) in [6.45, 7) is 6.33. The van der Waals surface area contributed by atoms with Gasteiger partial charge in [0.1, 0.15) is 5.82 Å². The van der Waals surface area contributed by atoms with Crippen LogP contribution in [0.25, 0.3) is 0 Å². The van der Waals surface area contributed by atoms with Crippen LogP contribution in [0.1, 0.15) is 33.0 Å². The van der Waals surface area contributed by atoms with Gasteiger partial charge in [0.15, 0.2) is 5.16 Å². The zero-order valence-electron chi connectivity index (χ0n) is 10.8. The SMILES string of the molecule is CSc1nc(CCCO)nc(NC(C)(C)C)n1. The van der Waals surface area contributed by atoms with E-state index in [1.807, 2.05) is 6.26 Å². The van der Waals surface area contributed by atoms with E-state index in [0.717, 1.165) is 5.82 Å². The maximum atomic E-state index is 8.82. The predicted octanol–water partition coefficient (Wildman–Crippen LogP) is 1.73. The Hall–Kier alpha value is -0.880. The third kappa shape index (κ3) is 5.32. The van der Waals surface area contributed by atoms with Crippen LogP contribution >= 0.6 is 11.8 Å². The molecule has 0 saturated heterocycles. The number of thioether (sulfide) groups is 1. The third-order valence-electron chi connectivity index (χ3n) is 1.89. The molecule has 0 aliphatic carbocycles. The molecule has 0 atom stereocenters. The number of rotatable bonds is 5. The average Bonchev–Trinajstić information content (AvgIpc) is 2.23. The molecule has 0 saturated carbocycles. The predicted molar refractivity (Wildman–Crippen MR) is 70.4 cm³/mol. The first kappa shape index (κ1) is 14.2. The van der Waals surface area contributed by atoms with Crippen LogP contribution in [0.2, 0.25) is 0 Å². The van der Waals surface area contributed by atoms with Crippen molar-refractivity contribution < 1.29 is 5.11 Å². The number of aryl methyl sites for hydroxylation is 1. The first-order valence-electron chi connectivity index (χ1n) is 5.62. The fourth-order valence-corrected chi connectivity index (χ4v) is 1.60.